The van der Waals surface area contributed by atoms with E-state index < -0.39 is 0 Å². The van der Waals surface area contributed by atoms with Crippen molar-refractivity contribution < 1.29 is 4.90 Å². The summed E-state index contributed by atoms with van der Waals surface area (Å²) in [5.41, 5.74) is 1.25. The Hall–Kier alpha value is -1.24. The molecule has 0 fully saturated rings. The van der Waals surface area contributed by atoms with Crippen LogP contribution in [0.5, 0.6) is 0 Å². The number of thiophene rings is 1. The third kappa shape index (κ3) is 2.00. The summed E-state index contributed by atoms with van der Waals surface area (Å²) in [7, 11) is 2.19. The fourth-order valence-corrected chi connectivity index (χ4v) is 4.30. The third-order valence-electron chi connectivity index (χ3n) is 3.59. The molecule has 0 aliphatic carbocycles. The van der Waals surface area contributed by atoms with E-state index >= 15 is 0 Å². The van der Waals surface area contributed by atoms with Crippen molar-refractivity contribution in [3.63, 3.8) is 0 Å². The summed E-state index contributed by atoms with van der Waals surface area (Å²) in [5.74, 6) is 0. The van der Waals surface area contributed by atoms with Crippen molar-refractivity contribution in [1.82, 2.24) is 9.55 Å². The summed E-state index contributed by atoms with van der Waals surface area (Å²) in [6, 6.07) is 0. The van der Waals surface area contributed by atoms with E-state index in [0.717, 1.165) is 29.7 Å². The molecule has 19 heavy (non-hydrogen) atoms. The van der Waals surface area contributed by atoms with Crippen LogP contribution in [0.2, 0.25) is 0 Å². The SMILES string of the molecule is C=CCn1c(=S)[nH]c2sc3c(c2c1=O)CC[NH+](C)C3. The topological polar surface area (TPSA) is 42.2 Å². The van der Waals surface area contributed by atoms with E-state index in [-0.39, 0.29) is 5.56 Å². The van der Waals surface area contributed by atoms with Gasteiger partial charge in [-0.2, -0.15) is 0 Å². The number of rotatable bonds is 2. The van der Waals surface area contributed by atoms with Crippen LogP contribution in [0.4, 0.5) is 0 Å². The largest absolute Gasteiger partial charge is 0.333 e. The monoisotopic (exact) mass is 294 g/mol. The van der Waals surface area contributed by atoms with Crippen molar-refractivity contribution in [2.45, 2.75) is 19.5 Å². The lowest BCUT2D eigenvalue weighted by atomic mass is 10.1. The first-order chi connectivity index (χ1) is 9.11. The maximum absolute atomic E-state index is 12.6. The van der Waals surface area contributed by atoms with E-state index in [1.807, 2.05) is 0 Å². The molecule has 0 aromatic carbocycles. The van der Waals surface area contributed by atoms with Gasteiger partial charge in [0.15, 0.2) is 4.77 Å². The van der Waals surface area contributed by atoms with E-state index in [9.17, 15) is 4.79 Å². The van der Waals surface area contributed by atoms with E-state index in [1.165, 1.54) is 15.3 Å². The van der Waals surface area contributed by atoms with Crippen LogP contribution < -0.4 is 10.5 Å². The standard InChI is InChI=1S/C13H15N3OS2/c1-3-5-16-12(17)10-8-4-6-15(2)7-9(8)19-11(10)14-13(16)18/h3H,1,4-7H2,2H3,(H,14,18)/p+1. The second-order valence-corrected chi connectivity index (χ2v) is 6.47. The van der Waals surface area contributed by atoms with Crippen LogP contribution in [0.3, 0.4) is 0 Å². The number of allylic oxidation sites excluding steroid dienone is 1. The minimum Gasteiger partial charge on any atom is -0.333 e. The minimum absolute atomic E-state index is 0.0238. The van der Waals surface area contributed by atoms with Gasteiger partial charge < -0.3 is 9.88 Å². The van der Waals surface area contributed by atoms with Gasteiger partial charge in [-0.05, 0) is 17.8 Å². The van der Waals surface area contributed by atoms with Crippen LogP contribution in [-0.2, 0) is 19.5 Å². The summed E-state index contributed by atoms with van der Waals surface area (Å²) in [5, 5.41) is 0.836. The number of aromatic amines is 1. The highest BCUT2D eigenvalue weighted by Gasteiger charge is 2.24. The molecular weight excluding hydrogens is 278 g/mol. The van der Waals surface area contributed by atoms with Crippen LogP contribution in [0.1, 0.15) is 10.4 Å². The van der Waals surface area contributed by atoms with Crippen molar-refractivity contribution in [3.05, 3.63) is 38.2 Å². The van der Waals surface area contributed by atoms with Gasteiger partial charge in [0.05, 0.1) is 23.9 Å². The highest BCUT2D eigenvalue weighted by molar-refractivity contribution is 7.71. The Kier molecular flexibility index (Phi) is 3.16. The molecule has 1 unspecified atom stereocenters. The Balaban J connectivity index is 2.33. The fourth-order valence-electron chi connectivity index (χ4n) is 2.62. The molecule has 2 N–H and O–H groups in total. The molecule has 0 amide bonds. The van der Waals surface area contributed by atoms with E-state index in [1.54, 1.807) is 22.0 Å². The van der Waals surface area contributed by atoms with Crippen molar-refractivity contribution in [2.24, 2.45) is 0 Å². The van der Waals surface area contributed by atoms with Gasteiger partial charge in [-0.25, -0.2) is 0 Å². The number of aromatic nitrogens is 2. The molecule has 3 heterocycles. The molecular formula is C13H16N3OS2+. The van der Waals surface area contributed by atoms with Crippen molar-refractivity contribution in [1.29, 1.82) is 0 Å². The van der Waals surface area contributed by atoms with Crippen molar-refractivity contribution in [3.8, 4) is 0 Å². The molecule has 4 nitrogen and oxygen atoms in total. The quantitative estimate of drug-likeness (QED) is 0.638. The highest BCUT2D eigenvalue weighted by Crippen LogP contribution is 2.28. The van der Waals surface area contributed by atoms with Gasteiger partial charge >= 0.3 is 0 Å². The first-order valence-corrected chi connectivity index (χ1v) is 7.54. The second kappa shape index (κ2) is 4.70. The van der Waals surface area contributed by atoms with Gasteiger partial charge in [0.2, 0.25) is 0 Å². The zero-order chi connectivity index (χ0) is 13.6. The summed E-state index contributed by atoms with van der Waals surface area (Å²) in [4.78, 5) is 19.5. The minimum atomic E-state index is 0.0238. The van der Waals surface area contributed by atoms with Gasteiger partial charge in [0, 0.05) is 13.0 Å². The third-order valence-corrected chi connectivity index (χ3v) is 5.06. The Morgan fingerprint density at radius 3 is 3.16 bits per heavy atom. The Bertz CT molecular complexity index is 769. The number of fused-ring (bicyclic) bond motifs is 3. The Morgan fingerprint density at radius 2 is 2.42 bits per heavy atom. The van der Waals surface area contributed by atoms with Gasteiger partial charge in [-0.3, -0.25) is 9.36 Å². The summed E-state index contributed by atoms with van der Waals surface area (Å²) in [6.45, 7) is 6.22. The number of H-pyrrole nitrogens is 1. The number of hydrogen-bond donors (Lipinski definition) is 2. The maximum atomic E-state index is 12.6. The lowest BCUT2D eigenvalue weighted by Crippen LogP contribution is -3.08. The average Bonchev–Trinajstić information content (AvgIpc) is 2.71. The number of hydrogen-bond acceptors (Lipinski definition) is 3. The Labute approximate surface area is 120 Å². The lowest BCUT2D eigenvalue weighted by molar-refractivity contribution is -0.895. The molecule has 1 atom stereocenters. The van der Waals surface area contributed by atoms with Crippen LogP contribution in [0.15, 0.2) is 17.4 Å². The van der Waals surface area contributed by atoms with Crippen LogP contribution in [-0.4, -0.2) is 23.1 Å². The molecule has 0 radical (unpaired) electrons. The fraction of sp³-hybridized carbons (Fsp3) is 0.385. The maximum Gasteiger partial charge on any atom is 0.263 e. The molecule has 1 aliphatic rings. The summed E-state index contributed by atoms with van der Waals surface area (Å²) in [6.07, 6.45) is 2.67. The van der Waals surface area contributed by atoms with Crippen LogP contribution in [0.25, 0.3) is 10.2 Å². The predicted molar refractivity (Wildman–Crippen MR) is 80.6 cm³/mol. The van der Waals surface area contributed by atoms with Gasteiger partial charge in [-0.1, -0.05) is 6.08 Å². The molecule has 3 rings (SSSR count). The molecule has 0 saturated carbocycles. The Morgan fingerprint density at radius 1 is 1.63 bits per heavy atom. The summed E-state index contributed by atoms with van der Waals surface area (Å²) < 4.78 is 2.07. The zero-order valence-corrected chi connectivity index (χ0v) is 12.4. The first kappa shape index (κ1) is 12.8. The van der Waals surface area contributed by atoms with Crippen molar-refractivity contribution in [2.75, 3.05) is 13.6 Å². The molecule has 0 saturated heterocycles. The highest BCUT2D eigenvalue weighted by atomic mass is 32.1. The number of quaternary nitrogens is 1. The van der Waals surface area contributed by atoms with E-state index in [2.05, 4.69) is 18.6 Å². The first-order valence-electron chi connectivity index (χ1n) is 6.31. The molecule has 0 spiro atoms. The molecule has 2 aromatic rings. The average molecular weight is 294 g/mol. The van der Waals surface area contributed by atoms with E-state index in [0.29, 0.717) is 11.3 Å². The number of nitrogens with zero attached hydrogens (tertiary/aromatic N) is 1. The van der Waals surface area contributed by atoms with Crippen LogP contribution in [0, 0.1) is 4.77 Å². The smallest absolute Gasteiger partial charge is 0.263 e. The predicted octanol–water partition coefficient (Wildman–Crippen LogP) is 0.877. The van der Waals surface area contributed by atoms with Crippen LogP contribution >= 0.6 is 23.6 Å². The number of likely N-dealkylation sites (N-methyl/N-ethyl adjacent to an activating group) is 1. The van der Waals surface area contributed by atoms with Gasteiger partial charge in [0.25, 0.3) is 5.56 Å². The summed E-state index contributed by atoms with van der Waals surface area (Å²) >= 11 is 6.93. The normalized spacial score (nSPS) is 18.5. The molecule has 6 heteroatoms. The van der Waals surface area contributed by atoms with Gasteiger partial charge in [0.1, 0.15) is 11.4 Å². The molecule has 0 bridgehead atoms. The molecule has 1 aliphatic heterocycles. The molecule has 2 aromatic heterocycles. The van der Waals surface area contributed by atoms with E-state index in [4.69, 9.17) is 12.2 Å². The van der Waals surface area contributed by atoms with Gasteiger partial charge in [-0.15, -0.1) is 17.9 Å². The zero-order valence-electron chi connectivity index (χ0n) is 10.8. The second-order valence-electron chi connectivity index (χ2n) is 4.98. The number of nitrogens with one attached hydrogen (secondary N) is 2. The molecule has 100 valence electrons. The lowest BCUT2D eigenvalue weighted by Gasteiger charge is -2.19. The van der Waals surface area contributed by atoms with Crippen molar-refractivity contribution >= 4 is 33.8 Å².